The lowest BCUT2D eigenvalue weighted by atomic mass is 9.59. The van der Waals surface area contributed by atoms with Gasteiger partial charge >= 0.3 is 0 Å². The summed E-state index contributed by atoms with van der Waals surface area (Å²) >= 11 is 0. The number of nitrogens with zero attached hydrogens (tertiary/aromatic N) is 7. The van der Waals surface area contributed by atoms with Gasteiger partial charge in [0.25, 0.3) is 0 Å². The molecule has 0 radical (unpaired) electrons. The topological polar surface area (TPSA) is 82.3 Å². The first-order chi connectivity index (χ1) is 29.7. The average molecular weight is 788 g/mol. The summed E-state index contributed by atoms with van der Waals surface area (Å²) in [7, 11) is 0. The highest BCUT2D eigenvalue weighted by molar-refractivity contribution is 6.14. The summed E-state index contributed by atoms with van der Waals surface area (Å²) in [6.45, 7) is 9.61. The van der Waals surface area contributed by atoms with Gasteiger partial charge in [0.05, 0.1) is 17.1 Å². The van der Waals surface area contributed by atoms with E-state index in [0.29, 0.717) is 34.9 Å². The summed E-state index contributed by atoms with van der Waals surface area (Å²) in [4.78, 5) is 31.0. The Morgan fingerprint density at radius 3 is 1.20 bits per heavy atom. The smallest absolute Gasteiger partial charge is 0.164 e. The van der Waals surface area contributed by atoms with Gasteiger partial charge in [-0.2, -0.15) is 0 Å². The van der Waals surface area contributed by atoms with E-state index in [4.69, 9.17) is 29.9 Å². The Bertz CT molecular complexity index is 3150. The van der Waals surface area contributed by atoms with Gasteiger partial charge in [-0.05, 0) is 41.0 Å². The maximum Gasteiger partial charge on any atom is 0.164 e. The second-order valence-electron chi connectivity index (χ2n) is 17.6. The average Bonchev–Trinajstić information content (AvgIpc) is 3.65. The van der Waals surface area contributed by atoms with Crippen LogP contribution in [0.4, 0.5) is 0 Å². The lowest BCUT2D eigenvalue weighted by Gasteiger charge is -2.52. The van der Waals surface area contributed by atoms with Crippen LogP contribution in [0.1, 0.15) is 44.9 Å². The van der Waals surface area contributed by atoms with Gasteiger partial charge in [-0.1, -0.05) is 167 Å². The third-order valence-corrected chi connectivity index (χ3v) is 13.4. The minimum atomic E-state index is -0.274. The Balaban J connectivity index is 1.17. The summed E-state index contributed by atoms with van der Waals surface area (Å²) in [5.41, 5.74) is 11.7. The molecule has 6 aromatic carbocycles. The van der Waals surface area contributed by atoms with E-state index in [1.807, 2.05) is 72.8 Å². The van der Waals surface area contributed by atoms with Gasteiger partial charge in [-0.3, -0.25) is 0 Å². The van der Waals surface area contributed by atoms with E-state index >= 15 is 0 Å². The normalized spacial score (nSPS) is 17.8. The Morgan fingerprint density at radius 2 is 0.787 bits per heavy atom. The van der Waals surface area contributed by atoms with Crippen LogP contribution in [-0.4, -0.2) is 34.5 Å². The molecule has 0 saturated carbocycles. The molecule has 7 nitrogen and oxygen atoms in total. The molecule has 2 aliphatic heterocycles. The molecule has 0 spiro atoms. The predicted octanol–water partition coefficient (Wildman–Crippen LogP) is 12.4. The van der Waals surface area contributed by atoms with Crippen LogP contribution >= 0.6 is 0 Å². The number of fused-ring (bicyclic) bond motifs is 1. The van der Waals surface area contributed by atoms with Crippen molar-refractivity contribution in [2.24, 2.45) is 5.92 Å². The van der Waals surface area contributed by atoms with E-state index in [1.54, 1.807) is 0 Å². The molecule has 2 atom stereocenters. The number of hydrogen-bond acceptors (Lipinski definition) is 6. The third-order valence-electron chi connectivity index (χ3n) is 13.4. The molecule has 5 heterocycles. The van der Waals surface area contributed by atoms with Crippen LogP contribution in [-0.2, 0) is 10.8 Å². The van der Waals surface area contributed by atoms with Crippen LogP contribution in [0.3, 0.4) is 0 Å². The fourth-order valence-electron chi connectivity index (χ4n) is 10.2. The second-order valence-corrected chi connectivity index (χ2v) is 17.6. The predicted molar refractivity (Wildman–Crippen MR) is 245 cm³/mol. The van der Waals surface area contributed by atoms with Crippen molar-refractivity contribution in [3.05, 3.63) is 181 Å². The molecular formula is C54H41N7. The van der Waals surface area contributed by atoms with Crippen molar-refractivity contribution >= 4 is 21.8 Å². The second kappa shape index (κ2) is 13.1. The molecule has 0 fully saturated rings. The highest BCUT2D eigenvalue weighted by atomic mass is 15.1. The van der Waals surface area contributed by atoms with E-state index in [1.165, 1.54) is 38.5 Å². The van der Waals surface area contributed by atoms with Crippen LogP contribution in [0.15, 0.2) is 169 Å². The summed E-state index contributed by atoms with van der Waals surface area (Å²) < 4.78 is 2.66. The zero-order chi connectivity index (χ0) is 41.0. The van der Waals surface area contributed by atoms with E-state index in [0.717, 1.165) is 33.4 Å². The number of allylic oxidation sites excluding steroid dienone is 4. The van der Waals surface area contributed by atoms with Gasteiger partial charge in [0.1, 0.15) is 0 Å². The minimum Gasteiger partial charge on any atom is -0.332 e. The van der Waals surface area contributed by atoms with Crippen molar-refractivity contribution in [2.45, 2.75) is 44.6 Å². The Kier molecular flexibility index (Phi) is 7.61. The fourth-order valence-corrected chi connectivity index (χ4v) is 10.2. The number of benzene rings is 6. The molecule has 292 valence electrons. The minimum absolute atomic E-state index is 0.185. The van der Waals surface area contributed by atoms with Crippen molar-refractivity contribution in [1.82, 2.24) is 34.5 Å². The zero-order valence-electron chi connectivity index (χ0n) is 34.4. The molecule has 0 bridgehead atoms. The molecule has 1 aliphatic carbocycles. The SMILES string of the molecule is CC1(C)C2=CC=CC3C2n2c4c1cc(-c1nc(-c5ccccc5)nc(-c5ccccc5)n1)cc4c1cc(-c4nc(-c5ccccc5)nc(-c5ccccc5)n4)cc(c12)C3(C)C. The van der Waals surface area contributed by atoms with Crippen molar-refractivity contribution in [2.75, 3.05) is 0 Å². The van der Waals surface area contributed by atoms with E-state index in [2.05, 4.69) is 123 Å². The van der Waals surface area contributed by atoms with Crippen LogP contribution in [0.2, 0.25) is 0 Å². The number of hydrogen-bond donors (Lipinski definition) is 0. The zero-order valence-corrected chi connectivity index (χ0v) is 34.4. The van der Waals surface area contributed by atoms with Crippen molar-refractivity contribution in [3.8, 4) is 68.3 Å². The highest BCUT2D eigenvalue weighted by Gasteiger charge is 2.51. The first-order valence-corrected chi connectivity index (χ1v) is 21.0. The highest BCUT2D eigenvalue weighted by Crippen LogP contribution is 2.61. The molecule has 61 heavy (non-hydrogen) atoms. The molecule has 0 amide bonds. The molecule has 7 heteroatoms. The van der Waals surface area contributed by atoms with Crippen LogP contribution in [0.5, 0.6) is 0 Å². The third kappa shape index (κ3) is 5.36. The molecule has 0 saturated heterocycles. The molecule has 2 unspecified atom stereocenters. The van der Waals surface area contributed by atoms with E-state index in [9.17, 15) is 0 Å². The Hall–Kier alpha value is -7.38. The van der Waals surface area contributed by atoms with Gasteiger partial charge in [0.2, 0.25) is 0 Å². The van der Waals surface area contributed by atoms with Crippen molar-refractivity contribution in [3.63, 3.8) is 0 Å². The monoisotopic (exact) mass is 787 g/mol. The molecule has 3 aliphatic rings. The standard InChI is InChI=1S/C54H41N7/c1-53(2)40-26-17-27-41-46(40)61-44-38(28-36(30-42(44)53)51-57-47(32-18-9-5-10-19-32)55-48(58-51)33-20-11-6-12-21-33)39-29-37(31-43(45(39)61)54(41,3)4)52-59-49(34-22-13-7-14-23-34)56-50(60-52)35-24-15-8-16-25-35/h5-31,40,46H,1-4H3. The summed E-state index contributed by atoms with van der Waals surface area (Å²) in [5, 5.41) is 2.35. The van der Waals surface area contributed by atoms with Crippen molar-refractivity contribution in [1.29, 1.82) is 0 Å². The number of aromatic nitrogens is 7. The van der Waals surface area contributed by atoms with Crippen LogP contribution in [0.25, 0.3) is 90.1 Å². The quantitative estimate of drug-likeness (QED) is 0.167. The largest absolute Gasteiger partial charge is 0.332 e. The molecule has 0 N–H and O–H groups in total. The number of rotatable bonds is 6. The van der Waals surface area contributed by atoms with Gasteiger partial charge in [-0.15, -0.1) is 0 Å². The van der Waals surface area contributed by atoms with Crippen LogP contribution in [0, 0.1) is 5.92 Å². The molecule has 12 rings (SSSR count). The molecule has 9 aromatic rings. The van der Waals surface area contributed by atoms with Gasteiger partial charge < -0.3 is 4.57 Å². The molecule has 3 aromatic heterocycles. The van der Waals surface area contributed by atoms with Crippen molar-refractivity contribution < 1.29 is 0 Å². The van der Waals surface area contributed by atoms with E-state index in [-0.39, 0.29) is 22.8 Å². The lowest BCUT2D eigenvalue weighted by molar-refractivity contribution is 0.261. The summed E-state index contributed by atoms with van der Waals surface area (Å²) in [5.74, 6) is 4.11. The van der Waals surface area contributed by atoms with E-state index < -0.39 is 0 Å². The molecular weight excluding hydrogens is 747 g/mol. The lowest BCUT2D eigenvalue weighted by Crippen LogP contribution is -2.45. The first kappa shape index (κ1) is 35.6. The maximum absolute atomic E-state index is 5.23. The van der Waals surface area contributed by atoms with Gasteiger partial charge in [-0.25, -0.2) is 29.9 Å². The summed E-state index contributed by atoms with van der Waals surface area (Å²) in [6.07, 6.45) is 7.09. The maximum atomic E-state index is 5.23. The van der Waals surface area contributed by atoms with Crippen LogP contribution < -0.4 is 0 Å². The van der Waals surface area contributed by atoms with Gasteiger partial charge in [0, 0.05) is 60.9 Å². The first-order valence-electron chi connectivity index (χ1n) is 21.0. The Labute approximate surface area is 354 Å². The van der Waals surface area contributed by atoms with Gasteiger partial charge in [0.15, 0.2) is 34.9 Å². The fraction of sp³-hybridized carbons (Fsp3) is 0.148. The Morgan fingerprint density at radius 1 is 0.426 bits per heavy atom. The summed E-state index contributed by atoms with van der Waals surface area (Å²) in [6, 6.07) is 50.3.